The lowest BCUT2D eigenvalue weighted by atomic mass is 10.3. The molecule has 102 valence electrons. The predicted octanol–water partition coefficient (Wildman–Crippen LogP) is 3.18. The molecule has 2 aromatic heterocycles. The second-order valence-corrected chi connectivity index (χ2v) is 4.62. The third kappa shape index (κ3) is 2.37. The molecule has 7 heteroatoms. The Hall–Kier alpha value is -2.34. The van der Waals surface area contributed by atoms with Gasteiger partial charge in [-0.1, -0.05) is 17.7 Å². The summed E-state index contributed by atoms with van der Waals surface area (Å²) in [6, 6.07) is 7.46. The minimum Gasteiger partial charge on any atom is -0.368 e. The highest BCUT2D eigenvalue weighted by Crippen LogP contribution is 2.28. The average Bonchev–Trinajstić information content (AvgIpc) is 2.84. The van der Waals surface area contributed by atoms with E-state index < -0.39 is 0 Å². The Balaban J connectivity index is 2.04. The maximum absolute atomic E-state index is 5.99. The van der Waals surface area contributed by atoms with Crippen molar-refractivity contribution in [1.82, 2.24) is 20.2 Å². The van der Waals surface area contributed by atoms with Gasteiger partial charge in [-0.2, -0.15) is 5.10 Å². The topological polar surface area (TPSA) is 78.5 Å². The van der Waals surface area contributed by atoms with Crippen molar-refractivity contribution in [1.29, 1.82) is 0 Å². The molecular formula is C13H13ClN6. The van der Waals surface area contributed by atoms with Gasteiger partial charge in [-0.05, 0) is 25.1 Å². The SMILES string of the molecule is CCNc1n[nH]c2ncnc(Nc3cccc(Cl)c3)c12. The Kier molecular flexibility index (Phi) is 3.39. The van der Waals surface area contributed by atoms with Crippen LogP contribution in [0.3, 0.4) is 0 Å². The Bertz CT molecular complexity index is 739. The number of anilines is 3. The van der Waals surface area contributed by atoms with Crippen LogP contribution in [0.15, 0.2) is 30.6 Å². The maximum Gasteiger partial charge on any atom is 0.162 e. The lowest BCUT2D eigenvalue weighted by Crippen LogP contribution is -2.00. The van der Waals surface area contributed by atoms with Crippen LogP contribution < -0.4 is 10.6 Å². The standard InChI is InChI=1S/C13H13ClN6/c1-2-15-12-10-11(16-7-17-13(10)20-19-12)18-9-5-3-4-8(14)6-9/h3-7H,2H2,1H3,(H3,15,16,17,18,19,20). The van der Waals surface area contributed by atoms with E-state index in [2.05, 4.69) is 30.8 Å². The van der Waals surface area contributed by atoms with E-state index in [4.69, 9.17) is 11.6 Å². The Morgan fingerprint density at radius 3 is 2.95 bits per heavy atom. The largest absolute Gasteiger partial charge is 0.368 e. The fourth-order valence-electron chi connectivity index (χ4n) is 1.95. The van der Waals surface area contributed by atoms with Crippen LogP contribution in [0.5, 0.6) is 0 Å². The van der Waals surface area contributed by atoms with E-state index in [0.29, 0.717) is 16.5 Å². The van der Waals surface area contributed by atoms with Crippen LogP contribution in [0.2, 0.25) is 5.02 Å². The van der Waals surface area contributed by atoms with Crippen molar-refractivity contribution in [2.24, 2.45) is 0 Å². The molecule has 0 spiro atoms. The molecule has 0 atom stereocenters. The highest BCUT2D eigenvalue weighted by atomic mass is 35.5. The first-order valence-corrected chi connectivity index (χ1v) is 6.61. The molecule has 0 amide bonds. The van der Waals surface area contributed by atoms with Gasteiger partial charge in [-0.15, -0.1) is 0 Å². The Morgan fingerprint density at radius 2 is 2.15 bits per heavy atom. The van der Waals surface area contributed by atoms with Gasteiger partial charge >= 0.3 is 0 Å². The van der Waals surface area contributed by atoms with Crippen LogP contribution in [-0.4, -0.2) is 26.7 Å². The van der Waals surface area contributed by atoms with Crippen LogP contribution in [0.1, 0.15) is 6.92 Å². The van der Waals surface area contributed by atoms with Crippen LogP contribution in [-0.2, 0) is 0 Å². The summed E-state index contributed by atoms with van der Waals surface area (Å²) in [4.78, 5) is 8.45. The van der Waals surface area contributed by atoms with Crippen molar-refractivity contribution in [3.05, 3.63) is 35.6 Å². The number of H-pyrrole nitrogens is 1. The second-order valence-electron chi connectivity index (χ2n) is 4.18. The van der Waals surface area contributed by atoms with Crippen molar-refractivity contribution in [2.75, 3.05) is 17.2 Å². The smallest absolute Gasteiger partial charge is 0.162 e. The first-order chi connectivity index (χ1) is 9.78. The molecule has 0 saturated heterocycles. The molecule has 20 heavy (non-hydrogen) atoms. The second kappa shape index (κ2) is 5.34. The quantitative estimate of drug-likeness (QED) is 0.687. The number of rotatable bonds is 4. The first-order valence-electron chi connectivity index (χ1n) is 6.23. The summed E-state index contributed by atoms with van der Waals surface area (Å²) in [6.45, 7) is 2.78. The molecule has 3 N–H and O–H groups in total. The molecule has 1 aromatic carbocycles. The van der Waals surface area contributed by atoms with Crippen molar-refractivity contribution >= 4 is 40.0 Å². The van der Waals surface area contributed by atoms with Gasteiger partial charge in [0.05, 0.1) is 0 Å². The molecule has 0 radical (unpaired) electrons. The zero-order valence-corrected chi connectivity index (χ0v) is 11.6. The van der Waals surface area contributed by atoms with Gasteiger partial charge in [0.2, 0.25) is 0 Å². The molecule has 0 bridgehead atoms. The van der Waals surface area contributed by atoms with Gasteiger partial charge in [0.1, 0.15) is 17.5 Å². The number of aromatic amines is 1. The highest BCUT2D eigenvalue weighted by Gasteiger charge is 2.12. The fraction of sp³-hybridized carbons (Fsp3) is 0.154. The molecule has 0 aliphatic heterocycles. The molecule has 0 aliphatic rings. The number of benzene rings is 1. The van der Waals surface area contributed by atoms with E-state index in [1.807, 2.05) is 31.2 Å². The van der Waals surface area contributed by atoms with Crippen LogP contribution >= 0.6 is 11.6 Å². The molecule has 0 unspecified atom stereocenters. The normalized spacial score (nSPS) is 10.7. The molecule has 0 aliphatic carbocycles. The van der Waals surface area contributed by atoms with E-state index in [0.717, 1.165) is 23.4 Å². The lowest BCUT2D eigenvalue weighted by molar-refractivity contribution is 1.07. The van der Waals surface area contributed by atoms with Crippen molar-refractivity contribution in [3.63, 3.8) is 0 Å². The predicted molar refractivity (Wildman–Crippen MR) is 80.6 cm³/mol. The zero-order chi connectivity index (χ0) is 13.9. The molecule has 6 nitrogen and oxygen atoms in total. The summed E-state index contributed by atoms with van der Waals surface area (Å²) < 4.78 is 0. The monoisotopic (exact) mass is 288 g/mol. The van der Waals surface area contributed by atoms with E-state index in [9.17, 15) is 0 Å². The summed E-state index contributed by atoms with van der Waals surface area (Å²) in [5, 5.41) is 15.0. The van der Waals surface area contributed by atoms with Crippen LogP contribution in [0.25, 0.3) is 11.0 Å². The van der Waals surface area contributed by atoms with Gasteiger partial charge < -0.3 is 10.6 Å². The number of halogens is 1. The van der Waals surface area contributed by atoms with Crippen molar-refractivity contribution < 1.29 is 0 Å². The molecular weight excluding hydrogens is 276 g/mol. The minimum atomic E-state index is 0.666. The van der Waals surface area contributed by atoms with Gasteiger partial charge in [0.25, 0.3) is 0 Å². The van der Waals surface area contributed by atoms with Crippen LogP contribution in [0.4, 0.5) is 17.3 Å². The first kappa shape index (κ1) is 12.7. The van der Waals surface area contributed by atoms with Crippen molar-refractivity contribution in [3.8, 4) is 0 Å². The summed E-state index contributed by atoms with van der Waals surface area (Å²) >= 11 is 5.99. The van der Waals surface area contributed by atoms with E-state index in [-0.39, 0.29) is 0 Å². The molecule has 0 saturated carbocycles. The number of hydrogen-bond acceptors (Lipinski definition) is 5. The Labute approximate surface area is 120 Å². The molecule has 3 aromatic rings. The summed E-state index contributed by atoms with van der Waals surface area (Å²) in [7, 11) is 0. The number of fused-ring (bicyclic) bond motifs is 1. The zero-order valence-electron chi connectivity index (χ0n) is 10.8. The molecule has 3 rings (SSSR count). The number of aromatic nitrogens is 4. The lowest BCUT2D eigenvalue weighted by Gasteiger charge is -2.07. The van der Waals surface area contributed by atoms with Gasteiger partial charge in [-0.25, -0.2) is 9.97 Å². The molecule has 0 fully saturated rings. The van der Waals surface area contributed by atoms with Gasteiger partial charge in [-0.3, -0.25) is 5.10 Å². The van der Waals surface area contributed by atoms with Crippen LogP contribution in [0, 0.1) is 0 Å². The number of nitrogens with one attached hydrogen (secondary N) is 3. The summed E-state index contributed by atoms with van der Waals surface area (Å²) in [5.41, 5.74) is 1.54. The fourth-order valence-corrected chi connectivity index (χ4v) is 2.14. The summed E-state index contributed by atoms with van der Waals surface area (Å²) in [5.74, 6) is 1.41. The number of hydrogen-bond donors (Lipinski definition) is 3. The molecule has 2 heterocycles. The number of nitrogens with zero attached hydrogens (tertiary/aromatic N) is 3. The van der Waals surface area contributed by atoms with E-state index in [1.54, 1.807) is 0 Å². The highest BCUT2D eigenvalue weighted by molar-refractivity contribution is 6.30. The summed E-state index contributed by atoms with van der Waals surface area (Å²) in [6.07, 6.45) is 1.49. The average molecular weight is 289 g/mol. The maximum atomic E-state index is 5.99. The van der Waals surface area contributed by atoms with E-state index >= 15 is 0 Å². The van der Waals surface area contributed by atoms with Crippen molar-refractivity contribution in [2.45, 2.75) is 6.92 Å². The third-order valence-electron chi connectivity index (χ3n) is 2.79. The minimum absolute atomic E-state index is 0.666. The third-order valence-corrected chi connectivity index (χ3v) is 3.02. The van der Waals surface area contributed by atoms with Gasteiger partial charge in [0.15, 0.2) is 11.5 Å². The van der Waals surface area contributed by atoms with Gasteiger partial charge in [0, 0.05) is 17.3 Å². The van der Waals surface area contributed by atoms with E-state index in [1.165, 1.54) is 6.33 Å². The Morgan fingerprint density at radius 1 is 1.25 bits per heavy atom.